The number of carbonyl (C=O) groups is 1. The number of nitrogens with one attached hydrogen (secondary N) is 4. The predicted octanol–water partition coefficient (Wildman–Crippen LogP) is 2.46. The molecule has 3 aromatic rings. The Hall–Kier alpha value is -3.01. The van der Waals surface area contributed by atoms with E-state index in [0.717, 1.165) is 0 Å². The number of ether oxygens (including phenoxy) is 2. The van der Waals surface area contributed by atoms with Crippen LogP contribution in [0.5, 0.6) is 0 Å². The van der Waals surface area contributed by atoms with Crippen molar-refractivity contribution < 1.29 is 14.3 Å². The van der Waals surface area contributed by atoms with Gasteiger partial charge in [-0.3, -0.25) is 10.2 Å². The van der Waals surface area contributed by atoms with Gasteiger partial charge < -0.3 is 25.1 Å². The molecule has 1 aromatic carbocycles. The van der Waals surface area contributed by atoms with Gasteiger partial charge in [0.15, 0.2) is 5.65 Å². The number of aromatic nitrogens is 3. The third-order valence-electron chi connectivity index (χ3n) is 4.47. The summed E-state index contributed by atoms with van der Waals surface area (Å²) in [5.74, 6) is -0.333. The first-order valence-corrected chi connectivity index (χ1v) is 9.55. The molecule has 0 unspecified atom stereocenters. The normalized spacial score (nSPS) is 11.1. The first-order valence-electron chi connectivity index (χ1n) is 9.18. The van der Waals surface area contributed by atoms with Crippen LogP contribution in [0.1, 0.15) is 21.6 Å². The lowest BCUT2D eigenvalue weighted by atomic mass is 10.1. The maximum atomic E-state index is 12.8. The number of anilines is 1. The van der Waals surface area contributed by atoms with Crippen molar-refractivity contribution in [1.82, 2.24) is 20.3 Å². The number of carbonyl (C=O) groups excluding carboxylic acids is 1. The molecule has 0 saturated carbocycles. The number of rotatable bonds is 9. The Balaban J connectivity index is 1.93. The van der Waals surface area contributed by atoms with Crippen LogP contribution in [0.3, 0.4) is 0 Å². The minimum absolute atomic E-state index is 0.162. The summed E-state index contributed by atoms with van der Waals surface area (Å²) in [6.07, 6.45) is 3.04. The van der Waals surface area contributed by atoms with E-state index in [2.05, 4.69) is 25.6 Å². The monoisotopic (exact) mass is 430 g/mol. The first-order chi connectivity index (χ1) is 14.5. The molecule has 2 aromatic heterocycles. The van der Waals surface area contributed by atoms with Crippen molar-refractivity contribution in [2.24, 2.45) is 0 Å². The van der Waals surface area contributed by atoms with Crippen molar-refractivity contribution >= 4 is 40.1 Å². The molecular formula is C20H23ClN6O3. The third kappa shape index (κ3) is 4.59. The van der Waals surface area contributed by atoms with Gasteiger partial charge in [0.05, 0.1) is 36.7 Å². The van der Waals surface area contributed by atoms with E-state index in [9.17, 15) is 4.79 Å². The van der Waals surface area contributed by atoms with Gasteiger partial charge in [0, 0.05) is 43.7 Å². The summed E-state index contributed by atoms with van der Waals surface area (Å²) in [6, 6.07) is 4.88. The average molecular weight is 431 g/mol. The highest BCUT2D eigenvalue weighted by Crippen LogP contribution is 2.23. The number of methoxy groups -OCH3 is 2. The number of amides is 1. The maximum Gasteiger partial charge on any atom is 0.255 e. The number of benzene rings is 1. The van der Waals surface area contributed by atoms with E-state index in [1.807, 2.05) is 0 Å². The predicted molar refractivity (Wildman–Crippen MR) is 116 cm³/mol. The van der Waals surface area contributed by atoms with E-state index >= 15 is 0 Å². The van der Waals surface area contributed by atoms with Crippen LogP contribution in [0.2, 0.25) is 5.02 Å². The number of hydrogen-bond donors (Lipinski definition) is 4. The van der Waals surface area contributed by atoms with Crippen molar-refractivity contribution in [2.75, 3.05) is 39.8 Å². The second kappa shape index (κ2) is 9.66. The molecule has 0 aliphatic carbocycles. The molecular weight excluding hydrogens is 408 g/mol. The molecule has 30 heavy (non-hydrogen) atoms. The Morgan fingerprint density at radius 3 is 2.67 bits per heavy atom. The lowest BCUT2D eigenvalue weighted by Crippen LogP contribution is -2.41. The zero-order valence-electron chi connectivity index (χ0n) is 16.9. The largest absolute Gasteiger partial charge is 0.388 e. The summed E-state index contributed by atoms with van der Waals surface area (Å²) in [5, 5.41) is 15.0. The second-order valence-corrected chi connectivity index (χ2v) is 6.99. The fourth-order valence-electron chi connectivity index (χ4n) is 3.06. The third-order valence-corrected chi connectivity index (χ3v) is 4.71. The summed E-state index contributed by atoms with van der Waals surface area (Å²) in [4.78, 5) is 24.6. The van der Waals surface area contributed by atoms with Gasteiger partial charge in [-0.1, -0.05) is 11.6 Å². The van der Waals surface area contributed by atoms with Crippen LogP contribution in [0.25, 0.3) is 11.2 Å². The van der Waals surface area contributed by atoms with Crippen molar-refractivity contribution in [2.45, 2.75) is 6.04 Å². The van der Waals surface area contributed by atoms with Gasteiger partial charge in [0.25, 0.3) is 5.91 Å². The van der Waals surface area contributed by atoms with E-state index in [4.69, 9.17) is 26.5 Å². The van der Waals surface area contributed by atoms with Crippen molar-refractivity contribution in [3.63, 3.8) is 0 Å². The quantitative estimate of drug-likeness (QED) is 0.386. The van der Waals surface area contributed by atoms with Crippen LogP contribution in [0.15, 0.2) is 30.6 Å². The number of aromatic amines is 1. The Bertz CT molecular complexity index is 1060. The van der Waals surface area contributed by atoms with Crippen molar-refractivity contribution in [3.05, 3.63) is 52.4 Å². The lowest BCUT2D eigenvalue weighted by Gasteiger charge is -2.16. The highest BCUT2D eigenvalue weighted by Gasteiger charge is 2.20. The average Bonchev–Trinajstić information content (AvgIpc) is 3.17. The van der Waals surface area contributed by atoms with Gasteiger partial charge in [0.1, 0.15) is 11.2 Å². The molecule has 0 saturated heterocycles. The fourth-order valence-corrected chi connectivity index (χ4v) is 3.23. The minimum Gasteiger partial charge on any atom is -0.388 e. The molecule has 10 heteroatoms. The SMILES string of the molecule is CNc1cc(Cl)ccc1C(=N)c1cnc2[nH]cc(C(=O)NC(COC)COC)c2n1. The van der Waals surface area contributed by atoms with Crippen LogP contribution in [0.4, 0.5) is 5.69 Å². The van der Waals surface area contributed by atoms with E-state index in [1.54, 1.807) is 45.7 Å². The van der Waals surface area contributed by atoms with Gasteiger partial charge in [0.2, 0.25) is 0 Å². The number of nitrogens with zero attached hydrogens (tertiary/aromatic N) is 2. The summed E-state index contributed by atoms with van der Waals surface area (Å²) in [6.45, 7) is 0.625. The number of hydrogen-bond acceptors (Lipinski definition) is 7. The van der Waals surface area contributed by atoms with Gasteiger partial charge >= 0.3 is 0 Å². The Morgan fingerprint density at radius 2 is 2.00 bits per heavy atom. The van der Waals surface area contributed by atoms with Crippen LogP contribution in [-0.2, 0) is 9.47 Å². The molecule has 3 rings (SSSR count). The molecule has 0 atom stereocenters. The van der Waals surface area contributed by atoms with Crippen LogP contribution >= 0.6 is 11.6 Å². The molecule has 158 valence electrons. The molecule has 0 radical (unpaired) electrons. The van der Waals surface area contributed by atoms with Gasteiger partial charge in [-0.05, 0) is 18.2 Å². The smallest absolute Gasteiger partial charge is 0.255 e. The van der Waals surface area contributed by atoms with Crippen molar-refractivity contribution in [3.8, 4) is 0 Å². The van der Waals surface area contributed by atoms with E-state index < -0.39 is 0 Å². The van der Waals surface area contributed by atoms with Gasteiger partial charge in [-0.25, -0.2) is 9.97 Å². The van der Waals surface area contributed by atoms with E-state index in [1.165, 1.54) is 6.20 Å². The Labute approximate surface area is 178 Å². The molecule has 0 aliphatic rings. The molecule has 0 fully saturated rings. The van der Waals surface area contributed by atoms with E-state index in [-0.39, 0.29) is 17.7 Å². The summed E-state index contributed by atoms with van der Waals surface area (Å²) < 4.78 is 10.2. The summed E-state index contributed by atoms with van der Waals surface area (Å²) in [7, 11) is 4.86. The molecule has 0 spiro atoms. The van der Waals surface area contributed by atoms with E-state index in [0.29, 0.717) is 51.9 Å². The zero-order valence-corrected chi connectivity index (χ0v) is 17.6. The Kier molecular flexibility index (Phi) is 6.99. The molecule has 0 bridgehead atoms. The fraction of sp³-hybridized carbons (Fsp3) is 0.300. The lowest BCUT2D eigenvalue weighted by molar-refractivity contribution is 0.0780. The molecule has 0 aliphatic heterocycles. The molecule has 9 nitrogen and oxygen atoms in total. The highest BCUT2D eigenvalue weighted by molar-refractivity contribution is 6.31. The van der Waals surface area contributed by atoms with Crippen LogP contribution in [0, 0.1) is 5.41 Å². The number of H-pyrrole nitrogens is 1. The second-order valence-electron chi connectivity index (χ2n) is 6.55. The number of fused-ring (bicyclic) bond motifs is 1. The highest BCUT2D eigenvalue weighted by atomic mass is 35.5. The summed E-state index contributed by atoms with van der Waals surface area (Å²) >= 11 is 6.05. The first kappa shape index (κ1) is 21.7. The Morgan fingerprint density at radius 1 is 1.27 bits per heavy atom. The molecule has 4 N–H and O–H groups in total. The molecule has 2 heterocycles. The number of halogens is 1. The zero-order chi connectivity index (χ0) is 21.7. The standard InChI is InChI=1S/C20H23ClN6O3/c1-23-15-6-11(21)4-5-13(15)17(22)16-8-25-19-18(27-16)14(7-24-19)20(28)26-12(9-29-2)10-30-3/h4-8,12,22-23H,9-10H2,1-3H3,(H,24,25)(H,26,28). The van der Waals surface area contributed by atoms with Gasteiger partial charge in [-0.15, -0.1) is 0 Å². The summed E-state index contributed by atoms with van der Waals surface area (Å²) in [5.41, 5.74) is 2.98. The van der Waals surface area contributed by atoms with Gasteiger partial charge in [-0.2, -0.15) is 0 Å². The molecule has 1 amide bonds. The minimum atomic E-state index is -0.333. The van der Waals surface area contributed by atoms with Crippen LogP contribution in [-0.4, -0.2) is 67.1 Å². The maximum absolute atomic E-state index is 12.8. The van der Waals surface area contributed by atoms with Crippen molar-refractivity contribution in [1.29, 1.82) is 5.41 Å². The topological polar surface area (TPSA) is 125 Å². The van der Waals surface area contributed by atoms with Crippen LogP contribution < -0.4 is 10.6 Å².